The molecule has 4 nitrogen and oxygen atoms in total. The number of carbonyl (C=O) groups excluding carboxylic acids is 2. The van der Waals surface area contributed by atoms with E-state index in [1.807, 2.05) is 24.3 Å². The van der Waals surface area contributed by atoms with Gasteiger partial charge in [0.15, 0.2) is 6.29 Å². The number of carbonyl (C=O) groups is 2. The number of hydrogen-bond acceptors (Lipinski definition) is 2. The van der Waals surface area contributed by atoms with Crippen molar-refractivity contribution in [2.75, 3.05) is 5.32 Å². The minimum absolute atomic E-state index is 0.0311. The van der Waals surface area contributed by atoms with Crippen LogP contribution in [-0.4, -0.2) is 16.8 Å². The van der Waals surface area contributed by atoms with Gasteiger partial charge in [-0.2, -0.15) is 0 Å². The summed E-state index contributed by atoms with van der Waals surface area (Å²) >= 11 is 5.69. The molecule has 3 rings (SSSR count). The van der Waals surface area contributed by atoms with Gasteiger partial charge >= 0.3 is 0 Å². The molecule has 0 saturated carbocycles. The maximum Gasteiger partial charge on any atom is 0.244 e. The molecule has 0 bridgehead atoms. The van der Waals surface area contributed by atoms with Crippen LogP contribution in [0.2, 0.25) is 5.02 Å². The van der Waals surface area contributed by atoms with Gasteiger partial charge < -0.3 is 9.88 Å². The highest BCUT2D eigenvalue weighted by molar-refractivity contribution is 6.31. The Bertz CT molecular complexity index is 905. The zero-order chi connectivity index (χ0) is 16.4. The number of hydrogen-bond donors (Lipinski definition) is 1. The van der Waals surface area contributed by atoms with Crippen molar-refractivity contribution in [3.8, 4) is 0 Å². The largest absolute Gasteiger partial charge is 0.337 e. The molecule has 116 valence electrons. The number of nitrogens with zero attached hydrogens (tertiary/aromatic N) is 1. The van der Waals surface area contributed by atoms with Gasteiger partial charge in [-0.1, -0.05) is 29.8 Å². The summed E-state index contributed by atoms with van der Waals surface area (Å²) < 4.78 is 14.8. The lowest BCUT2D eigenvalue weighted by atomic mass is 10.2. The van der Waals surface area contributed by atoms with Crippen LogP contribution in [0.15, 0.2) is 48.7 Å². The highest BCUT2D eigenvalue weighted by atomic mass is 35.5. The van der Waals surface area contributed by atoms with E-state index in [1.54, 1.807) is 10.8 Å². The fraction of sp³-hybridized carbons (Fsp3) is 0.0588. The predicted molar refractivity (Wildman–Crippen MR) is 87.4 cm³/mol. The smallest absolute Gasteiger partial charge is 0.244 e. The monoisotopic (exact) mass is 330 g/mol. The molecule has 0 radical (unpaired) electrons. The van der Waals surface area contributed by atoms with Crippen molar-refractivity contribution in [2.45, 2.75) is 6.54 Å². The van der Waals surface area contributed by atoms with Gasteiger partial charge in [-0.3, -0.25) is 9.59 Å². The van der Waals surface area contributed by atoms with Gasteiger partial charge in [0.2, 0.25) is 5.91 Å². The Morgan fingerprint density at radius 3 is 2.78 bits per heavy atom. The van der Waals surface area contributed by atoms with Crippen molar-refractivity contribution < 1.29 is 14.0 Å². The lowest BCUT2D eigenvalue weighted by molar-refractivity contribution is -0.116. The molecule has 1 aromatic heterocycles. The van der Waals surface area contributed by atoms with E-state index in [0.717, 1.165) is 17.2 Å². The molecule has 0 aliphatic heterocycles. The van der Waals surface area contributed by atoms with Gasteiger partial charge in [0.25, 0.3) is 0 Å². The fourth-order valence-electron chi connectivity index (χ4n) is 2.43. The molecule has 1 amide bonds. The quantitative estimate of drug-likeness (QED) is 0.738. The third kappa shape index (κ3) is 3.10. The van der Waals surface area contributed by atoms with Crippen LogP contribution in [0.3, 0.4) is 0 Å². The van der Waals surface area contributed by atoms with E-state index >= 15 is 0 Å². The molecule has 0 aliphatic rings. The van der Waals surface area contributed by atoms with Crippen molar-refractivity contribution in [1.82, 2.24) is 4.57 Å². The first-order valence-corrected chi connectivity index (χ1v) is 7.24. The molecule has 0 unspecified atom stereocenters. The maximum absolute atomic E-state index is 13.1. The second kappa shape index (κ2) is 6.22. The lowest BCUT2D eigenvalue weighted by Crippen LogP contribution is -2.18. The van der Waals surface area contributed by atoms with E-state index in [2.05, 4.69) is 5.32 Å². The minimum atomic E-state index is -0.545. The Balaban J connectivity index is 1.83. The highest BCUT2D eigenvalue weighted by Crippen LogP contribution is 2.21. The first-order chi connectivity index (χ1) is 11.1. The normalized spacial score (nSPS) is 10.7. The van der Waals surface area contributed by atoms with E-state index in [4.69, 9.17) is 11.6 Å². The molecule has 3 aromatic rings. The van der Waals surface area contributed by atoms with Crippen LogP contribution >= 0.6 is 11.6 Å². The standard InChI is InChI=1S/C17H12ClFN2O2/c18-14-7-12(5-6-15(14)19)20-17(23)9-21-8-11(10-22)13-3-1-2-4-16(13)21/h1-8,10H,9H2,(H,20,23). The summed E-state index contributed by atoms with van der Waals surface area (Å²) in [5.41, 5.74) is 1.73. The number of fused-ring (bicyclic) bond motifs is 1. The summed E-state index contributed by atoms with van der Waals surface area (Å²) in [6.07, 6.45) is 2.39. The SMILES string of the molecule is O=Cc1cn(CC(=O)Nc2ccc(F)c(Cl)c2)c2ccccc12. The van der Waals surface area contributed by atoms with Crippen LogP contribution in [-0.2, 0) is 11.3 Å². The summed E-state index contributed by atoms with van der Waals surface area (Å²) in [5.74, 6) is -0.845. The molecule has 0 spiro atoms. The molecule has 2 aromatic carbocycles. The molecule has 0 fully saturated rings. The Morgan fingerprint density at radius 1 is 1.26 bits per heavy atom. The first kappa shape index (κ1) is 15.2. The van der Waals surface area contributed by atoms with Gasteiger partial charge in [0, 0.05) is 28.4 Å². The number of para-hydroxylation sites is 1. The zero-order valence-corrected chi connectivity index (χ0v) is 12.7. The summed E-state index contributed by atoms with van der Waals surface area (Å²) in [6, 6.07) is 11.3. The Labute approximate surface area is 136 Å². The zero-order valence-electron chi connectivity index (χ0n) is 11.9. The molecule has 23 heavy (non-hydrogen) atoms. The Morgan fingerprint density at radius 2 is 2.04 bits per heavy atom. The van der Waals surface area contributed by atoms with Crippen LogP contribution in [0.4, 0.5) is 10.1 Å². The second-order valence-electron chi connectivity index (χ2n) is 5.02. The van der Waals surface area contributed by atoms with E-state index in [9.17, 15) is 14.0 Å². The van der Waals surface area contributed by atoms with Crippen molar-refractivity contribution in [3.05, 3.63) is 65.1 Å². The fourth-order valence-corrected chi connectivity index (χ4v) is 2.61. The van der Waals surface area contributed by atoms with E-state index in [-0.39, 0.29) is 17.5 Å². The minimum Gasteiger partial charge on any atom is -0.337 e. The molecule has 0 atom stereocenters. The molecule has 1 N–H and O–H groups in total. The topological polar surface area (TPSA) is 51.1 Å². The van der Waals surface area contributed by atoms with E-state index in [0.29, 0.717) is 11.3 Å². The summed E-state index contributed by atoms with van der Waals surface area (Å²) in [6.45, 7) is 0.0311. The summed E-state index contributed by atoms with van der Waals surface area (Å²) in [7, 11) is 0. The van der Waals surface area contributed by atoms with Gasteiger partial charge in [-0.05, 0) is 24.3 Å². The molecule has 6 heteroatoms. The van der Waals surface area contributed by atoms with Crippen molar-refractivity contribution in [1.29, 1.82) is 0 Å². The molecular weight excluding hydrogens is 319 g/mol. The predicted octanol–water partition coefficient (Wildman–Crippen LogP) is 3.89. The molecule has 0 saturated heterocycles. The highest BCUT2D eigenvalue weighted by Gasteiger charge is 2.11. The average Bonchev–Trinajstić information content (AvgIpc) is 2.89. The van der Waals surface area contributed by atoms with E-state index in [1.165, 1.54) is 18.2 Å². The molecule has 1 heterocycles. The van der Waals surface area contributed by atoms with Crippen LogP contribution in [0, 0.1) is 5.82 Å². The maximum atomic E-state index is 13.1. The van der Waals surface area contributed by atoms with Crippen LogP contribution in [0.25, 0.3) is 10.9 Å². The molecule has 0 aliphatic carbocycles. The third-order valence-corrected chi connectivity index (χ3v) is 3.75. The Kier molecular flexibility index (Phi) is 4.12. The van der Waals surface area contributed by atoms with Crippen LogP contribution < -0.4 is 5.32 Å². The Hall–Kier alpha value is -2.66. The molecular formula is C17H12ClFN2O2. The number of aromatic nitrogens is 1. The number of halogens is 2. The van der Waals surface area contributed by atoms with Gasteiger partial charge in [0.1, 0.15) is 12.4 Å². The van der Waals surface area contributed by atoms with Crippen molar-refractivity contribution in [2.24, 2.45) is 0 Å². The van der Waals surface area contributed by atoms with Crippen molar-refractivity contribution in [3.63, 3.8) is 0 Å². The summed E-state index contributed by atoms with van der Waals surface area (Å²) in [4.78, 5) is 23.3. The summed E-state index contributed by atoms with van der Waals surface area (Å²) in [5, 5.41) is 3.39. The first-order valence-electron chi connectivity index (χ1n) is 6.86. The number of amides is 1. The third-order valence-electron chi connectivity index (χ3n) is 3.46. The van der Waals surface area contributed by atoms with Crippen LogP contribution in [0.1, 0.15) is 10.4 Å². The number of benzene rings is 2. The number of aldehydes is 1. The number of rotatable bonds is 4. The van der Waals surface area contributed by atoms with E-state index < -0.39 is 5.82 Å². The van der Waals surface area contributed by atoms with Gasteiger partial charge in [-0.25, -0.2) is 4.39 Å². The van der Waals surface area contributed by atoms with Gasteiger partial charge in [-0.15, -0.1) is 0 Å². The van der Waals surface area contributed by atoms with Crippen LogP contribution in [0.5, 0.6) is 0 Å². The van der Waals surface area contributed by atoms with Gasteiger partial charge in [0.05, 0.1) is 5.02 Å². The second-order valence-corrected chi connectivity index (χ2v) is 5.43. The lowest BCUT2D eigenvalue weighted by Gasteiger charge is -2.08. The number of nitrogens with one attached hydrogen (secondary N) is 1. The number of anilines is 1. The van der Waals surface area contributed by atoms with Crippen molar-refractivity contribution >= 4 is 40.4 Å². The average molecular weight is 331 g/mol.